The van der Waals surface area contributed by atoms with Crippen LogP contribution in [0.4, 0.5) is 0 Å². The number of ether oxygens (including phenoxy) is 4. The van der Waals surface area contributed by atoms with E-state index in [0.29, 0.717) is 0 Å². The summed E-state index contributed by atoms with van der Waals surface area (Å²) in [4.78, 5) is 60.4. The van der Waals surface area contributed by atoms with Gasteiger partial charge in [-0.05, 0) is 0 Å². The Morgan fingerprint density at radius 3 is 2.50 bits per heavy atom. The Hall–Kier alpha value is -3.21. The van der Waals surface area contributed by atoms with Crippen LogP contribution < -0.4 is 11.2 Å². The van der Waals surface area contributed by atoms with Crippen molar-refractivity contribution in [1.82, 2.24) is 9.55 Å². The van der Waals surface area contributed by atoms with Crippen molar-refractivity contribution in [3.63, 3.8) is 0 Å². The number of nitrogens with one attached hydrogen (secondary N) is 1. The zero-order chi connectivity index (χ0) is 21.8. The van der Waals surface area contributed by atoms with E-state index in [1.807, 2.05) is 4.98 Å². The molecule has 1 aromatic rings. The van der Waals surface area contributed by atoms with Crippen LogP contribution in [-0.2, 0) is 33.3 Å². The smallest absolute Gasteiger partial charge is 0.330 e. The van der Waals surface area contributed by atoms with Gasteiger partial charge in [-0.1, -0.05) is 12.6 Å². The Kier molecular flexibility index (Phi) is 5.73. The van der Waals surface area contributed by atoms with Crippen LogP contribution >= 0.6 is 0 Å². The van der Waals surface area contributed by atoms with Crippen LogP contribution in [0.15, 0.2) is 34.5 Å². The fourth-order valence-electron chi connectivity index (χ4n) is 2.80. The largest absolute Gasteiger partial charge is 0.462 e. The predicted octanol–water partition coefficient (Wildman–Crippen LogP) is -0.583. The van der Waals surface area contributed by atoms with E-state index in [-0.39, 0.29) is 0 Å². The molecule has 0 saturated carbocycles. The number of esters is 3. The molecular formula is C17H20N2O9. The maximum Gasteiger partial charge on any atom is 0.330 e. The first-order valence-electron chi connectivity index (χ1n) is 8.70. The van der Waals surface area contributed by atoms with Crippen molar-refractivity contribution < 1.29 is 34.7 Å². The minimum absolute atomic E-state index is 0.498. The van der Waals surface area contributed by atoms with Gasteiger partial charge in [-0.25, -0.2) is 4.79 Å². The molecule has 0 amide bonds. The average Bonchev–Trinajstić information content (AvgIpc) is 2.87. The van der Waals surface area contributed by atoms with Gasteiger partial charge in [0.1, 0.15) is 6.61 Å². The third-order valence-corrected chi connectivity index (χ3v) is 3.90. The maximum atomic E-state index is 12.3. The summed E-state index contributed by atoms with van der Waals surface area (Å²) < 4.78 is 29.8. The molecule has 11 nitrogen and oxygen atoms in total. The van der Waals surface area contributed by atoms with E-state index in [1.165, 1.54) is 0 Å². The molecule has 4 atom stereocenters. The first-order valence-corrected chi connectivity index (χ1v) is 8.13. The van der Waals surface area contributed by atoms with Crippen molar-refractivity contribution in [3.8, 4) is 0 Å². The van der Waals surface area contributed by atoms with Crippen molar-refractivity contribution in [2.75, 3.05) is 6.61 Å². The molecule has 28 heavy (non-hydrogen) atoms. The number of aromatic amines is 1. The number of hydrogen-bond donors (Lipinski definition) is 1. The van der Waals surface area contributed by atoms with Gasteiger partial charge in [-0.3, -0.25) is 28.7 Å². The van der Waals surface area contributed by atoms with E-state index in [9.17, 15) is 24.0 Å². The molecule has 152 valence electrons. The van der Waals surface area contributed by atoms with Gasteiger partial charge in [0.25, 0.3) is 5.56 Å². The van der Waals surface area contributed by atoms with Gasteiger partial charge < -0.3 is 18.9 Å². The second-order valence-corrected chi connectivity index (χ2v) is 6.03. The lowest BCUT2D eigenvalue weighted by molar-refractivity contribution is -0.170. The van der Waals surface area contributed by atoms with E-state index < -0.39 is 59.8 Å². The molecule has 1 aliphatic heterocycles. The lowest BCUT2D eigenvalue weighted by Crippen LogP contribution is -2.49. The van der Waals surface area contributed by atoms with Gasteiger partial charge in [0, 0.05) is 33.0 Å². The summed E-state index contributed by atoms with van der Waals surface area (Å²) in [6.07, 6.45) is -1.82. The minimum Gasteiger partial charge on any atom is -0.462 e. The Morgan fingerprint density at radius 2 is 1.96 bits per heavy atom. The average molecular weight is 397 g/mol. The number of hydrogen-bond acceptors (Lipinski definition) is 9. The molecule has 0 radical (unpaired) electrons. The highest BCUT2D eigenvalue weighted by Crippen LogP contribution is 2.41. The Bertz CT molecular complexity index is 937. The van der Waals surface area contributed by atoms with Gasteiger partial charge >= 0.3 is 23.6 Å². The molecule has 0 unspecified atom stereocenters. The first-order chi connectivity index (χ1) is 13.6. The van der Waals surface area contributed by atoms with E-state index in [1.54, 1.807) is 0 Å². The molecule has 1 aliphatic rings. The van der Waals surface area contributed by atoms with E-state index in [0.717, 1.165) is 50.2 Å². The van der Waals surface area contributed by atoms with Crippen molar-refractivity contribution in [1.29, 1.82) is 0 Å². The molecule has 0 aliphatic carbocycles. The standard InChI is InChI=1S/C17H20N2O9/c1-5-17(8-25-9(2)20)14(27-11(4)22)13(26-10(3)21)15(28-17)19-7-6-12(23)18-16(19)24/h5-7,13-15H,1,8H2,2-4H3,(H,18,23,24)/t13-,14+,15-,17-/m1/s1/i1D. The van der Waals surface area contributed by atoms with Crippen LogP contribution in [0, 0.1) is 0 Å². The Morgan fingerprint density at radius 1 is 1.29 bits per heavy atom. The number of aromatic nitrogens is 2. The lowest BCUT2D eigenvalue weighted by atomic mass is 9.95. The van der Waals surface area contributed by atoms with Crippen LogP contribution in [0.25, 0.3) is 0 Å². The van der Waals surface area contributed by atoms with Crippen LogP contribution in [0.2, 0.25) is 0 Å². The second-order valence-electron chi connectivity index (χ2n) is 6.03. The van der Waals surface area contributed by atoms with E-state index >= 15 is 0 Å². The Balaban J connectivity index is 2.64. The zero-order valence-corrected chi connectivity index (χ0v) is 15.4. The molecule has 0 spiro atoms. The summed E-state index contributed by atoms with van der Waals surface area (Å²) in [5.41, 5.74) is -3.28. The van der Waals surface area contributed by atoms with Gasteiger partial charge in [-0.15, -0.1) is 0 Å². The fourth-order valence-corrected chi connectivity index (χ4v) is 2.80. The molecule has 11 heteroatoms. The van der Waals surface area contributed by atoms with Crippen LogP contribution in [0.5, 0.6) is 0 Å². The highest BCUT2D eigenvalue weighted by Gasteiger charge is 2.59. The molecule has 1 aromatic heterocycles. The molecule has 1 saturated heterocycles. The summed E-state index contributed by atoms with van der Waals surface area (Å²) >= 11 is 0. The van der Waals surface area contributed by atoms with E-state index in [2.05, 4.69) is 0 Å². The number of rotatable bonds is 6. The van der Waals surface area contributed by atoms with Crippen LogP contribution in [0.3, 0.4) is 0 Å². The summed E-state index contributed by atoms with van der Waals surface area (Å²) in [6.45, 7) is 3.67. The minimum atomic E-state index is -1.74. The zero-order valence-electron chi connectivity index (χ0n) is 16.4. The summed E-state index contributed by atoms with van der Waals surface area (Å²) in [6, 6.07) is 1.04. The molecule has 0 bridgehead atoms. The highest BCUT2D eigenvalue weighted by molar-refractivity contribution is 5.68. The fraction of sp³-hybridized carbons (Fsp3) is 0.471. The topological polar surface area (TPSA) is 143 Å². The molecular weight excluding hydrogens is 376 g/mol. The highest BCUT2D eigenvalue weighted by atomic mass is 16.7. The van der Waals surface area contributed by atoms with Crippen molar-refractivity contribution >= 4 is 17.9 Å². The molecule has 1 fully saturated rings. The van der Waals surface area contributed by atoms with Gasteiger partial charge in [0.2, 0.25) is 0 Å². The number of nitrogens with zero attached hydrogens (tertiary/aromatic N) is 1. The molecule has 2 rings (SSSR count). The summed E-state index contributed by atoms with van der Waals surface area (Å²) in [7, 11) is 0. The normalized spacial score (nSPS) is 27.2. The van der Waals surface area contributed by atoms with Crippen molar-refractivity contribution in [3.05, 3.63) is 45.7 Å². The molecule has 1 N–H and O–H groups in total. The van der Waals surface area contributed by atoms with Gasteiger partial charge in [-0.2, -0.15) is 0 Å². The predicted molar refractivity (Wildman–Crippen MR) is 92.1 cm³/mol. The van der Waals surface area contributed by atoms with Gasteiger partial charge in [0.05, 0.1) is 1.37 Å². The number of carbonyl (C=O) groups is 3. The van der Waals surface area contributed by atoms with Crippen molar-refractivity contribution in [2.45, 2.75) is 44.8 Å². The number of H-pyrrole nitrogens is 1. The van der Waals surface area contributed by atoms with Gasteiger partial charge in [0.15, 0.2) is 24.0 Å². The quantitative estimate of drug-likeness (QED) is 0.379. The lowest BCUT2D eigenvalue weighted by Gasteiger charge is -2.30. The van der Waals surface area contributed by atoms with Crippen LogP contribution in [-0.4, -0.2) is 51.9 Å². The molecule has 0 aromatic carbocycles. The maximum absolute atomic E-state index is 12.3. The third kappa shape index (κ3) is 4.36. The van der Waals surface area contributed by atoms with Crippen LogP contribution in [0.1, 0.15) is 28.4 Å². The monoisotopic (exact) mass is 397 g/mol. The second kappa shape index (κ2) is 8.21. The third-order valence-electron chi connectivity index (χ3n) is 3.90. The first kappa shape index (κ1) is 19.5. The Labute approximate surface area is 160 Å². The number of carbonyl (C=O) groups excluding carboxylic acids is 3. The SMILES string of the molecule is [2H]C=C[C@]1(COC(C)=O)O[C@@H](n2ccc(=O)[nH]c2=O)[C@H](OC(C)=O)[C@@H]1OC(C)=O. The van der Waals surface area contributed by atoms with Crippen molar-refractivity contribution in [2.24, 2.45) is 0 Å². The molecule has 2 heterocycles. The summed E-state index contributed by atoms with van der Waals surface area (Å²) in [5.74, 6) is -2.21. The van der Waals surface area contributed by atoms with E-state index in [4.69, 9.17) is 20.3 Å². The summed E-state index contributed by atoms with van der Waals surface area (Å²) in [5, 5.41) is 0.